The lowest BCUT2D eigenvalue weighted by Gasteiger charge is -2.29. The summed E-state index contributed by atoms with van der Waals surface area (Å²) in [6.45, 7) is 9.07. The SMILES string of the molecule is CC(C)(C)OC(=O)N(C(=O)OC(C)(C)C)c1cc(NC(=O)c2cc(NC(=O)[C@H]3[C@H](c4ccc(F)c(Cl)c4)C3(Cl)Cl)ccc2Cl)c(F)cc1F. The topological polar surface area (TPSA) is 114 Å². The lowest BCUT2D eigenvalue weighted by atomic mass is 10.1. The van der Waals surface area contributed by atoms with E-state index in [0.717, 1.165) is 6.07 Å². The van der Waals surface area contributed by atoms with Gasteiger partial charge in [-0.05, 0) is 83.5 Å². The quantitative estimate of drug-likeness (QED) is 0.242. The highest BCUT2D eigenvalue weighted by Crippen LogP contribution is 2.65. The molecule has 1 fully saturated rings. The van der Waals surface area contributed by atoms with Crippen LogP contribution >= 0.6 is 46.4 Å². The van der Waals surface area contributed by atoms with Crippen LogP contribution in [-0.2, 0) is 14.3 Å². The molecule has 1 aliphatic rings. The van der Waals surface area contributed by atoms with E-state index in [2.05, 4.69) is 10.6 Å². The standard InChI is InChI=1S/C33H30Cl4F3N3O6/c1-31(2,3)48-29(46)43(30(47)49-32(4,5)6)24-14-23(21(39)13-22(24)40)42-27(44)17-12-16(8-9-18(17)34)41-28(45)26-25(33(26,36)37)15-7-10-20(38)19(35)11-15/h7-14,25-26H,1-6H3,(H,41,45)(H,42,44)/t25-,26+/m0/s1. The van der Waals surface area contributed by atoms with E-state index >= 15 is 8.78 Å². The number of hydrogen-bond acceptors (Lipinski definition) is 6. The minimum absolute atomic E-state index is 0.0766. The summed E-state index contributed by atoms with van der Waals surface area (Å²) >= 11 is 24.9. The van der Waals surface area contributed by atoms with Crippen molar-refractivity contribution in [2.75, 3.05) is 15.5 Å². The van der Waals surface area contributed by atoms with E-state index in [4.69, 9.17) is 55.9 Å². The largest absolute Gasteiger partial charge is 0.443 e. The Balaban J connectivity index is 1.59. The number of carbonyl (C=O) groups is 4. The minimum atomic E-state index is -1.54. The first-order valence-corrected chi connectivity index (χ1v) is 16.0. The number of halogens is 7. The van der Waals surface area contributed by atoms with Crippen molar-refractivity contribution in [2.24, 2.45) is 5.92 Å². The molecule has 0 heterocycles. The fourth-order valence-corrected chi connectivity index (χ4v) is 5.87. The Hall–Kier alpha value is -3.71. The van der Waals surface area contributed by atoms with E-state index in [1.54, 1.807) is 0 Å². The Morgan fingerprint density at radius 2 is 1.35 bits per heavy atom. The molecule has 0 aromatic heterocycles. The van der Waals surface area contributed by atoms with Gasteiger partial charge in [0.15, 0.2) is 5.82 Å². The van der Waals surface area contributed by atoms with Gasteiger partial charge in [0.05, 0.1) is 32.9 Å². The summed E-state index contributed by atoms with van der Waals surface area (Å²) in [6.07, 6.45) is -2.65. The van der Waals surface area contributed by atoms with Crippen LogP contribution in [-0.4, -0.2) is 39.5 Å². The van der Waals surface area contributed by atoms with Crippen LogP contribution in [0.5, 0.6) is 0 Å². The average Bonchev–Trinajstić information content (AvgIpc) is 3.53. The molecule has 0 unspecified atom stereocenters. The minimum Gasteiger partial charge on any atom is -0.443 e. The van der Waals surface area contributed by atoms with E-state index in [1.165, 1.54) is 71.9 Å². The highest BCUT2D eigenvalue weighted by molar-refractivity contribution is 6.53. The number of nitrogens with one attached hydrogen (secondary N) is 2. The second kappa shape index (κ2) is 13.9. The molecule has 0 saturated heterocycles. The van der Waals surface area contributed by atoms with Crippen molar-refractivity contribution in [1.29, 1.82) is 0 Å². The molecule has 0 spiro atoms. The fourth-order valence-electron chi connectivity index (χ4n) is 4.65. The molecule has 2 N–H and O–H groups in total. The predicted molar refractivity (Wildman–Crippen MR) is 181 cm³/mol. The number of anilines is 3. The molecule has 16 heteroatoms. The zero-order chi connectivity index (χ0) is 36.8. The van der Waals surface area contributed by atoms with Gasteiger partial charge < -0.3 is 20.1 Å². The predicted octanol–water partition coefficient (Wildman–Crippen LogP) is 9.87. The number of carbonyl (C=O) groups excluding carboxylic acids is 4. The second-order valence-electron chi connectivity index (χ2n) is 13.0. The number of hydrogen-bond donors (Lipinski definition) is 2. The molecule has 0 radical (unpaired) electrons. The van der Waals surface area contributed by atoms with Gasteiger partial charge in [-0.15, -0.1) is 23.2 Å². The number of nitrogens with zero attached hydrogens (tertiary/aromatic N) is 1. The van der Waals surface area contributed by atoms with Gasteiger partial charge in [0.25, 0.3) is 5.91 Å². The van der Waals surface area contributed by atoms with E-state index in [1.807, 2.05) is 0 Å². The second-order valence-corrected chi connectivity index (χ2v) is 15.3. The number of rotatable bonds is 6. The maximum absolute atomic E-state index is 15.2. The van der Waals surface area contributed by atoms with Gasteiger partial charge >= 0.3 is 12.2 Å². The number of benzene rings is 3. The summed E-state index contributed by atoms with van der Waals surface area (Å²) < 4.78 is 52.8. The molecular weight excluding hydrogens is 733 g/mol. The van der Waals surface area contributed by atoms with Crippen molar-refractivity contribution in [1.82, 2.24) is 0 Å². The molecule has 4 amide bonds. The molecule has 3 aromatic carbocycles. The van der Waals surface area contributed by atoms with Crippen molar-refractivity contribution >= 4 is 87.5 Å². The summed E-state index contributed by atoms with van der Waals surface area (Å²) in [5.41, 5.74) is -3.39. The van der Waals surface area contributed by atoms with Crippen molar-refractivity contribution < 1.29 is 41.8 Å². The molecule has 0 bridgehead atoms. The van der Waals surface area contributed by atoms with Crippen LogP contribution in [0.25, 0.3) is 0 Å². The molecule has 3 aromatic rings. The maximum Gasteiger partial charge on any atom is 0.424 e. The average molecular weight is 763 g/mol. The van der Waals surface area contributed by atoms with Gasteiger partial charge in [0.1, 0.15) is 27.2 Å². The third-order valence-corrected chi connectivity index (χ3v) is 8.35. The van der Waals surface area contributed by atoms with E-state index in [9.17, 15) is 23.6 Å². The molecule has 1 aliphatic carbocycles. The van der Waals surface area contributed by atoms with E-state index in [-0.39, 0.29) is 26.2 Å². The molecule has 2 atom stereocenters. The summed E-state index contributed by atoms with van der Waals surface area (Å²) in [4.78, 5) is 52.8. The smallest absolute Gasteiger partial charge is 0.424 e. The highest BCUT2D eigenvalue weighted by Gasteiger charge is 2.67. The number of alkyl halides is 2. The van der Waals surface area contributed by atoms with Gasteiger partial charge in [-0.25, -0.2) is 22.8 Å². The zero-order valence-corrected chi connectivity index (χ0v) is 29.8. The van der Waals surface area contributed by atoms with E-state index in [0.29, 0.717) is 17.7 Å². The molecular formula is C33H30Cl4F3N3O6. The fraction of sp³-hybridized carbons (Fsp3) is 0.333. The van der Waals surface area contributed by atoms with Gasteiger partial charge in [0, 0.05) is 17.7 Å². The first-order valence-electron chi connectivity index (χ1n) is 14.5. The van der Waals surface area contributed by atoms with Gasteiger partial charge in [-0.2, -0.15) is 4.90 Å². The van der Waals surface area contributed by atoms with Crippen LogP contribution < -0.4 is 15.5 Å². The Kier molecular flexibility index (Phi) is 10.8. The molecule has 0 aliphatic heterocycles. The first-order chi connectivity index (χ1) is 22.5. The number of imide groups is 1. The summed E-state index contributed by atoms with van der Waals surface area (Å²) in [5.74, 6) is -6.60. The monoisotopic (exact) mass is 761 g/mol. The maximum atomic E-state index is 15.2. The lowest BCUT2D eigenvalue weighted by Crippen LogP contribution is -2.44. The molecule has 4 rings (SSSR count). The van der Waals surface area contributed by atoms with Crippen LogP contribution in [0.3, 0.4) is 0 Å². The Bertz CT molecular complexity index is 1820. The normalized spacial score (nSPS) is 16.8. The third kappa shape index (κ3) is 8.91. The van der Waals surface area contributed by atoms with E-state index < -0.39 is 80.2 Å². The molecule has 9 nitrogen and oxygen atoms in total. The van der Waals surface area contributed by atoms with Crippen molar-refractivity contribution in [3.63, 3.8) is 0 Å². The Morgan fingerprint density at radius 3 is 1.90 bits per heavy atom. The van der Waals surface area contributed by atoms with Crippen LogP contribution in [0.2, 0.25) is 10.0 Å². The van der Waals surface area contributed by atoms with Crippen molar-refractivity contribution in [2.45, 2.75) is 63.0 Å². The van der Waals surface area contributed by atoms with Crippen molar-refractivity contribution in [3.05, 3.63) is 87.2 Å². The van der Waals surface area contributed by atoms with Crippen LogP contribution in [0.15, 0.2) is 48.5 Å². The van der Waals surface area contributed by atoms with Gasteiger partial charge in [0.2, 0.25) is 5.91 Å². The molecule has 1 saturated carbocycles. The third-order valence-electron chi connectivity index (χ3n) is 6.80. The summed E-state index contributed by atoms with van der Waals surface area (Å²) in [6, 6.07) is 8.76. The zero-order valence-electron chi connectivity index (χ0n) is 26.8. The first kappa shape index (κ1) is 38.1. The highest BCUT2D eigenvalue weighted by atomic mass is 35.5. The Morgan fingerprint density at radius 1 is 0.755 bits per heavy atom. The lowest BCUT2D eigenvalue weighted by molar-refractivity contribution is -0.117. The molecule has 262 valence electrons. The van der Waals surface area contributed by atoms with Gasteiger partial charge in [-0.3, -0.25) is 9.59 Å². The number of amides is 4. The van der Waals surface area contributed by atoms with Crippen LogP contribution in [0.4, 0.5) is 39.8 Å². The van der Waals surface area contributed by atoms with Gasteiger partial charge in [-0.1, -0.05) is 29.3 Å². The Labute approximate surface area is 299 Å². The van der Waals surface area contributed by atoms with Crippen molar-refractivity contribution in [3.8, 4) is 0 Å². The van der Waals surface area contributed by atoms with Crippen LogP contribution in [0, 0.1) is 23.4 Å². The summed E-state index contributed by atoms with van der Waals surface area (Å²) in [7, 11) is 0. The number of ether oxygens (including phenoxy) is 2. The molecule has 49 heavy (non-hydrogen) atoms. The summed E-state index contributed by atoms with van der Waals surface area (Å²) in [5, 5.41) is 4.54. The van der Waals surface area contributed by atoms with Crippen LogP contribution in [0.1, 0.15) is 63.4 Å².